The average molecular weight is 321 g/mol. The van der Waals surface area contributed by atoms with Crippen molar-refractivity contribution in [2.24, 2.45) is 0 Å². The molecule has 0 radical (unpaired) electrons. The zero-order valence-corrected chi connectivity index (χ0v) is 13.5. The molecule has 1 aromatic heterocycles. The van der Waals surface area contributed by atoms with Gasteiger partial charge in [0.2, 0.25) is 0 Å². The molecule has 1 unspecified atom stereocenters. The fraction of sp³-hybridized carbons (Fsp3) is 0.250. The van der Waals surface area contributed by atoms with E-state index in [9.17, 15) is 9.90 Å². The van der Waals surface area contributed by atoms with Gasteiger partial charge in [-0.3, -0.25) is 4.79 Å². The molecule has 4 nitrogen and oxygen atoms in total. The number of aromatic nitrogens is 1. The molecule has 0 saturated carbocycles. The van der Waals surface area contributed by atoms with E-state index in [1.54, 1.807) is 10.6 Å². The Bertz CT molecular complexity index is 960. The number of aliphatic hydroxyl groups excluding tert-OH is 1. The van der Waals surface area contributed by atoms with Gasteiger partial charge in [-0.15, -0.1) is 0 Å². The molecule has 0 bridgehead atoms. The molecule has 0 amide bonds. The van der Waals surface area contributed by atoms with Gasteiger partial charge in [-0.1, -0.05) is 36.4 Å². The van der Waals surface area contributed by atoms with Crippen molar-refractivity contribution in [3.8, 4) is 5.75 Å². The molecule has 1 atom stereocenters. The maximum Gasteiger partial charge on any atom is 0.251 e. The van der Waals surface area contributed by atoms with Crippen molar-refractivity contribution in [2.75, 3.05) is 6.61 Å². The van der Waals surface area contributed by atoms with E-state index in [2.05, 4.69) is 6.07 Å². The van der Waals surface area contributed by atoms with E-state index in [4.69, 9.17) is 4.74 Å². The van der Waals surface area contributed by atoms with Crippen LogP contribution in [0, 0.1) is 6.92 Å². The van der Waals surface area contributed by atoms with Crippen LogP contribution in [0.3, 0.4) is 0 Å². The van der Waals surface area contributed by atoms with Crippen molar-refractivity contribution < 1.29 is 9.84 Å². The SMILES string of the molecule is Cc1cc2c(c3ccc(=O)n(Cc4ccccc4)c13)OC(CO)C2. The Labute approximate surface area is 139 Å². The Morgan fingerprint density at radius 1 is 1.21 bits per heavy atom. The first-order chi connectivity index (χ1) is 11.7. The van der Waals surface area contributed by atoms with Gasteiger partial charge in [-0.25, -0.2) is 0 Å². The number of aliphatic hydroxyl groups is 1. The standard InChI is InChI=1S/C20H19NO3/c1-13-9-15-10-16(12-22)24-20(15)17-7-8-18(23)21(19(13)17)11-14-5-3-2-4-6-14/h2-9,16,22H,10-12H2,1H3. The Balaban J connectivity index is 1.92. The maximum absolute atomic E-state index is 12.5. The largest absolute Gasteiger partial charge is 0.487 e. The van der Waals surface area contributed by atoms with Crippen molar-refractivity contribution in [3.63, 3.8) is 0 Å². The first-order valence-corrected chi connectivity index (χ1v) is 8.15. The molecule has 2 aromatic carbocycles. The lowest BCUT2D eigenvalue weighted by Gasteiger charge is -2.15. The molecule has 0 saturated heterocycles. The topological polar surface area (TPSA) is 51.5 Å². The zero-order valence-electron chi connectivity index (χ0n) is 13.5. The number of hydrogen-bond donors (Lipinski definition) is 1. The van der Waals surface area contributed by atoms with Crippen molar-refractivity contribution in [3.05, 3.63) is 75.6 Å². The minimum atomic E-state index is -0.195. The number of benzene rings is 2. The smallest absolute Gasteiger partial charge is 0.251 e. The summed E-state index contributed by atoms with van der Waals surface area (Å²) in [6.07, 6.45) is 0.514. The van der Waals surface area contributed by atoms with Gasteiger partial charge in [0.1, 0.15) is 11.9 Å². The normalized spacial score (nSPS) is 16.2. The fourth-order valence-electron chi connectivity index (χ4n) is 3.53. The maximum atomic E-state index is 12.5. The molecule has 0 aliphatic carbocycles. The summed E-state index contributed by atoms with van der Waals surface area (Å²) in [7, 11) is 0. The predicted octanol–water partition coefficient (Wildman–Crippen LogP) is 2.65. The van der Waals surface area contributed by atoms with Crippen LogP contribution in [0.25, 0.3) is 10.9 Å². The third-order valence-electron chi connectivity index (χ3n) is 4.60. The zero-order chi connectivity index (χ0) is 16.7. The Morgan fingerprint density at radius 2 is 2.00 bits per heavy atom. The molecule has 1 N–H and O–H groups in total. The van der Waals surface area contributed by atoms with Crippen LogP contribution in [0.5, 0.6) is 5.75 Å². The lowest BCUT2D eigenvalue weighted by atomic mass is 10.0. The van der Waals surface area contributed by atoms with Crippen LogP contribution < -0.4 is 10.3 Å². The predicted molar refractivity (Wildman–Crippen MR) is 93.7 cm³/mol. The van der Waals surface area contributed by atoms with E-state index in [1.165, 1.54) is 0 Å². The van der Waals surface area contributed by atoms with Crippen molar-refractivity contribution in [2.45, 2.75) is 26.0 Å². The highest BCUT2D eigenvalue weighted by atomic mass is 16.5. The Hall–Kier alpha value is -2.59. The number of aryl methyl sites for hydroxylation is 1. The third-order valence-corrected chi connectivity index (χ3v) is 4.60. The van der Waals surface area contributed by atoms with Crippen LogP contribution in [-0.4, -0.2) is 22.4 Å². The number of fused-ring (bicyclic) bond motifs is 3. The molecular weight excluding hydrogens is 302 g/mol. The molecule has 24 heavy (non-hydrogen) atoms. The van der Waals surface area contributed by atoms with Crippen LogP contribution in [0.4, 0.5) is 0 Å². The number of hydrogen-bond acceptors (Lipinski definition) is 3. The quantitative estimate of drug-likeness (QED) is 0.807. The van der Waals surface area contributed by atoms with Crippen LogP contribution in [0.1, 0.15) is 16.7 Å². The van der Waals surface area contributed by atoms with Gasteiger partial charge in [-0.05, 0) is 29.7 Å². The molecular formula is C20H19NO3. The van der Waals surface area contributed by atoms with Crippen molar-refractivity contribution in [1.82, 2.24) is 4.57 Å². The summed E-state index contributed by atoms with van der Waals surface area (Å²) in [5.41, 5.74) is 4.12. The highest BCUT2D eigenvalue weighted by Crippen LogP contribution is 2.37. The second kappa shape index (κ2) is 5.80. The number of pyridine rings is 1. The highest BCUT2D eigenvalue weighted by Gasteiger charge is 2.26. The minimum absolute atomic E-state index is 0.00112. The summed E-state index contributed by atoms with van der Waals surface area (Å²) in [4.78, 5) is 12.5. The number of rotatable bonds is 3. The van der Waals surface area contributed by atoms with Gasteiger partial charge < -0.3 is 14.4 Å². The first-order valence-electron chi connectivity index (χ1n) is 8.15. The van der Waals surface area contributed by atoms with Crippen molar-refractivity contribution in [1.29, 1.82) is 0 Å². The summed E-state index contributed by atoms with van der Waals surface area (Å²) in [5, 5.41) is 10.3. The molecule has 4 heteroatoms. The van der Waals surface area contributed by atoms with Crippen LogP contribution in [0.2, 0.25) is 0 Å². The molecule has 122 valence electrons. The summed E-state index contributed by atoms with van der Waals surface area (Å²) in [6.45, 7) is 2.55. The lowest BCUT2D eigenvalue weighted by molar-refractivity contribution is 0.136. The van der Waals surface area contributed by atoms with Gasteiger partial charge in [0.25, 0.3) is 5.56 Å². The van der Waals surface area contributed by atoms with E-state index in [-0.39, 0.29) is 18.3 Å². The van der Waals surface area contributed by atoms with Crippen molar-refractivity contribution >= 4 is 10.9 Å². The molecule has 4 rings (SSSR count). The van der Waals surface area contributed by atoms with Crippen LogP contribution >= 0.6 is 0 Å². The van der Waals surface area contributed by atoms with Crippen LogP contribution in [-0.2, 0) is 13.0 Å². The lowest BCUT2D eigenvalue weighted by Crippen LogP contribution is -2.21. The van der Waals surface area contributed by atoms with Gasteiger partial charge in [0, 0.05) is 17.9 Å². The minimum Gasteiger partial charge on any atom is -0.487 e. The molecule has 0 fully saturated rings. The number of nitrogens with zero attached hydrogens (tertiary/aromatic N) is 1. The van der Waals surface area contributed by atoms with Gasteiger partial charge in [0.15, 0.2) is 0 Å². The Kier molecular flexibility index (Phi) is 3.62. The first kappa shape index (κ1) is 15.0. The van der Waals surface area contributed by atoms with Gasteiger partial charge in [-0.2, -0.15) is 0 Å². The monoisotopic (exact) mass is 321 g/mol. The summed E-state index contributed by atoms with van der Waals surface area (Å²) in [6, 6.07) is 15.5. The van der Waals surface area contributed by atoms with E-state index in [1.807, 2.05) is 43.3 Å². The second-order valence-corrected chi connectivity index (χ2v) is 6.31. The molecule has 1 aliphatic heterocycles. The van der Waals surface area contributed by atoms with Crippen LogP contribution in [0.15, 0.2) is 53.3 Å². The van der Waals surface area contributed by atoms with E-state index in [0.29, 0.717) is 13.0 Å². The van der Waals surface area contributed by atoms with E-state index in [0.717, 1.165) is 33.3 Å². The summed E-state index contributed by atoms with van der Waals surface area (Å²) >= 11 is 0. The molecule has 1 aliphatic rings. The highest BCUT2D eigenvalue weighted by molar-refractivity contribution is 5.90. The third kappa shape index (κ3) is 2.39. The fourth-order valence-corrected chi connectivity index (χ4v) is 3.53. The number of ether oxygens (including phenoxy) is 1. The molecule has 2 heterocycles. The Morgan fingerprint density at radius 3 is 2.75 bits per heavy atom. The van der Waals surface area contributed by atoms with E-state index < -0.39 is 0 Å². The average Bonchev–Trinajstić information content (AvgIpc) is 3.01. The van der Waals surface area contributed by atoms with E-state index >= 15 is 0 Å². The molecule has 0 spiro atoms. The van der Waals surface area contributed by atoms with Gasteiger partial charge in [0.05, 0.1) is 18.7 Å². The summed E-state index contributed by atoms with van der Waals surface area (Å²) < 4.78 is 7.71. The molecule has 3 aromatic rings. The van der Waals surface area contributed by atoms with Gasteiger partial charge >= 0.3 is 0 Å². The summed E-state index contributed by atoms with van der Waals surface area (Å²) in [5.74, 6) is 0.802. The second-order valence-electron chi connectivity index (χ2n) is 6.31.